The van der Waals surface area contributed by atoms with Crippen LogP contribution in [0.4, 0.5) is 4.39 Å². The van der Waals surface area contributed by atoms with E-state index in [4.69, 9.17) is 5.11 Å². The Bertz CT molecular complexity index is 535. The maximum atomic E-state index is 13.3. The summed E-state index contributed by atoms with van der Waals surface area (Å²) in [6.45, 7) is 2.25. The lowest BCUT2D eigenvalue weighted by atomic mass is 10.1. The number of hydrogen-bond acceptors (Lipinski definition) is 3. The second-order valence-corrected chi connectivity index (χ2v) is 5.93. The number of hydrogen-bond donors (Lipinski definition) is 1. The minimum Gasteiger partial charge on any atom is -0.481 e. The highest BCUT2D eigenvalue weighted by Gasteiger charge is 2.30. The number of carbonyl (C=O) groups is 2. The molecule has 1 N–H and O–H groups in total. The highest BCUT2D eigenvalue weighted by Crippen LogP contribution is 2.22. The first-order valence-electron chi connectivity index (χ1n) is 6.35. The van der Waals surface area contributed by atoms with E-state index in [9.17, 15) is 14.0 Å². The smallest absolute Gasteiger partial charge is 0.305 e. The van der Waals surface area contributed by atoms with Crippen molar-refractivity contribution in [1.82, 2.24) is 4.90 Å². The van der Waals surface area contributed by atoms with Gasteiger partial charge in [0.05, 0.1) is 12.5 Å². The first-order chi connectivity index (χ1) is 9.49. The van der Waals surface area contributed by atoms with Crippen LogP contribution in [0, 0.1) is 12.7 Å². The van der Waals surface area contributed by atoms with Gasteiger partial charge in [-0.1, -0.05) is 6.07 Å². The molecule has 6 heteroatoms. The monoisotopic (exact) mass is 297 g/mol. The van der Waals surface area contributed by atoms with Crippen molar-refractivity contribution in [3.63, 3.8) is 0 Å². The summed E-state index contributed by atoms with van der Waals surface area (Å²) in [5.74, 6) is -0.289. The topological polar surface area (TPSA) is 57.6 Å². The first-order valence-corrected chi connectivity index (χ1v) is 7.51. The summed E-state index contributed by atoms with van der Waals surface area (Å²) in [5.41, 5.74) is 1.01. The molecular weight excluding hydrogens is 281 g/mol. The minimum absolute atomic E-state index is 0.0763. The number of carboxylic acid groups (broad SMARTS) is 1. The highest BCUT2D eigenvalue weighted by molar-refractivity contribution is 7.99. The van der Waals surface area contributed by atoms with Crippen molar-refractivity contribution >= 4 is 23.6 Å². The van der Waals surface area contributed by atoms with E-state index in [1.54, 1.807) is 29.7 Å². The average molecular weight is 297 g/mol. The Balaban J connectivity index is 2.25. The number of amides is 1. The molecule has 1 saturated heterocycles. The highest BCUT2D eigenvalue weighted by atomic mass is 32.2. The van der Waals surface area contributed by atoms with Crippen LogP contribution in [0.5, 0.6) is 0 Å². The number of carboxylic acids is 1. The Morgan fingerprint density at radius 2 is 2.25 bits per heavy atom. The van der Waals surface area contributed by atoms with Crippen LogP contribution in [-0.2, 0) is 4.79 Å². The van der Waals surface area contributed by atoms with Crippen LogP contribution in [-0.4, -0.2) is 46.0 Å². The van der Waals surface area contributed by atoms with Crippen LogP contribution in [0.15, 0.2) is 18.2 Å². The van der Waals surface area contributed by atoms with Gasteiger partial charge in [0.2, 0.25) is 0 Å². The van der Waals surface area contributed by atoms with E-state index in [0.29, 0.717) is 23.4 Å². The van der Waals surface area contributed by atoms with E-state index in [-0.39, 0.29) is 18.4 Å². The van der Waals surface area contributed by atoms with Crippen LogP contribution in [0.1, 0.15) is 22.3 Å². The molecule has 0 aromatic heterocycles. The zero-order valence-electron chi connectivity index (χ0n) is 11.1. The summed E-state index contributed by atoms with van der Waals surface area (Å²) in [6, 6.07) is 3.76. The van der Waals surface area contributed by atoms with Crippen LogP contribution in [0.3, 0.4) is 0 Å². The molecule has 1 unspecified atom stereocenters. The number of benzene rings is 1. The molecule has 1 heterocycles. The molecule has 0 spiro atoms. The lowest BCUT2D eigenvalue weighted by Crippen LogP contribution is -2.47. The van der Waals surface area contributed by atoms with Crippen molar-refractivity contribution in [3.8, 4) is 0 Å². The number of aliphatic carboxylic acids is 1. The Labute approximate surface area is 121 Å². The summed E-state index contributed by atoms with van der Waals surface area (Å²) >= 11 is 1.64. The fraction of sp³-hybridized carbons (Fsp3) is 0.429. The largest absolute Gasteiger partial charge is 0.481 e. The van der Waals surface area contributed by atoms with E-state index in [1.165, 1.54) is 12.1 Å². The van der Waals surface area contributed by atoms with Crippen molar-refractivity contribution in [2.24, 2.45) is 0 Å². The van der Waals surface area contributed by atoms with Crippen molar-refractivity contribution in [3.05, 3.63) is 35.1 Å². The fourth-order valence-electron chi connectivity index (χ4n) is 2.27. The molecule has 4 nitrogen and oxygen atoms in total. The summed E-state index contributed by atoms with van der Waals surface area (Å²) < 4.78 is 13.3. The summed E-state index contributed by atoms with van der Waals surface area (Å²) in [7, 11) is 0. The summed E-state index contributed by atoms with van der Waals surface area (Å²) in [4.78, 5) is 25.0. The second kappa shape index (κ2) is 6.26. The predicted molar refractivity (Wildman–Crippen MR) is 75.5 cm³/mol. The molecule has 1 aliphatic rings. The van der Waals surface area contributed by atoms with Gasteiger partial charge in [0.15, 0.2) is 0 Å². The summed E-state index contributed by atoms with van der Waals surface area (Å²) in [6.07, 6.45) is -0.0763. The van der Waals surface area contributed by atoms with Crippen LogP contribution in [0.2, 0.25) is 0 Å². The number of halogens is 1. The molecule has 1 aliphatic heterocycles. The molecule has 0 bridgehead atoms. The van der Waals surface area contributed by atoms with Gasteiger partial charge < -0.3 is 10.0 Å². The number of rotatable bonds is 3. The van der Waals surface area contributed by atoms with Gasteiger partial charge in [0, 0.05) is 23.6 Å². The molecule has 1 fully saturated rings. The third kappa shape index (κ3) is 3.30. The molecule has 20 heavy (non-hydrogen) atoms. The zero-order chi connectivity index (χ0) is 14.7. The maximum absolute atomic E-state index is 13.3. The Morgan fingerprint density at radius 1 is 1.50 bits per heavy atom. The van der Waals surface area contributed by atoms with Crippen molar-refractivity contribution in [2.45, 2.75) is 19.4 Å². The molecule has 0 saturated carbocycles. The molecule has 2 rings (SSSR count). The van der Waals surface area contributed by atoms with E-state index < -0.39 is 11.8 Å². The van der Waals surface area contributed by atoms with E-state index >= 15 is 0 Å². The van der Waals surface area contributed by atoms with Crippen molar-refractivity contribution < 1.29 is 19.1 Å². The number of aryl methyl sites for hydroxylation is 1. The van der Waals surface area contributed by atoms with E-state index in [2.05, 4.69) is 0 Å². The van der Waals surface area contributed by atoms with Gasteiger partial charge in [0.25, 0.3) is 5.91 Å². The Kier molecular flexibility index (Phi) is 4.65. The molecular formula is C14H16FNO3S. The molecule has 0 radical (unpaired) electrons. The van der Waals surface area contributed by atoms with Gasteiger partial charge in [-0.05, 0) is 24.6 Å². The van der Waals surface area contributed by atoms with Gasteiger partial charge in [-0.2, -0.15) is 11.8 Å². The second-order valence-electron chi connectivity index (χ2n) is 4.78. The first kappa shape index (κ1) is 14.8. The maximum Gasteiger partial charge on any atom is 0.305 e. The third-order valence-corrected chi connectivity index (χ3v) is 4.42. The van der Waals surface area contributed by atoms with Crippen LogP contribution < -0.4 is 0 Å². The van der Waals surface area contributed by atoms with Gasteiger partial charge in [-0.3, -0.25) is 9.59 Å². The van der Waals surface area contributed by atoms with Gasteiger partial charge >= 0.3 is 5.97 Å². The number of nitrogens with zero attached hydrogens (tertiary/aromatic N) is 1. The van der Waals surface area contributed by atoms with Crippen molar-refractivity contribution in [1.29, 1.82) is 0 Å². The molecule has 1 amide bonds. The van der Waals surface area contributed by atoms with Gasteiger partial charge in [0.1, 0.15) is 5.82 Å². The summed E-state index contributed by atoms with van der Waals surface area (Å²) in [5, 5.41) is 8.93. The lowest BCUT2D eigenvalue weighted by Gasteiger charge is -2.35. The average Bonchev–Trinajstić information content (AvgIpc) is 2.41. The standard InChI is InChI=1S/C14H16FNO3S/c1-9-2-3-10(15)6-12(9)14(19)16-4-5-20-8-11(16)7-13(17)18/h2-3,6,11H,4-5,7-8H2,1H3,(H,17,18). The van der Waals surface area contributed by atoms with Crippen LogP contribution in [0.25, 0.3) is 0 Å². The molecule has 0 aliphatic carbocycles. The quantitative estimate of drug-likeness (QED) is 0.929. The molecule has 1 aromatic rings. The molecule has 1 atom stereocenters. The van der Waals surface area contributed by atoms with Gasteiger partial charge in [-0.25, -0.2) is 4.39 Å². The van der Waals surface area contributed by atoms with Crippen molar-refractivity contribution in [2.75, 3.05) is 18.1 Å². The minimum atomic E-state index is -0.925. The predicted octanol–water partition coefficient (Wildman–Crippen LogP) is 2.17. The van der Waals surface area contributed by atoms with E-state index in [0.717, 1.165) is 5.75 Å². The number of carbonyl (C=O) groups excluding carboxylic acids is 1. The lowest BCUT2D eigenvalue weighted by molar-refractivity contribution is -0.138. The molecule has 108 valence electrons. The Morgan fingerprint density at radius 3 is 2.95 bits per heavy atom. The third-order valence-electron chi connectivity index (χ3n) is 3.33. The Hall–Kier alpha value is -1.56. The normalized spacial score (nSPS) is 18.9. The van der Waals surface area contributed by atoms with Crippen LogP contribution >= 0.6 is 11.8 Å². The molecule has 1 aromatic carbocycles. The zero-order valence-corrected chi connectivity index (χ0v) is 12.0. The fourth-order valence-corrected chi connectivity index (χ4v) is 3.33. The van der Waals surface area contributed by atoms with E-state index in [1.807, 2.05) is 0 Å². The number of thioether (sulfide) groups is 1. The SMILES string of the molecule is Cc1ccc(F)cc1C(=O)N1CCSCC1CC(=O)O. The van der Waals surface area contributed by atoms with Gasteiger partial charge in [-0.15, -0.1) is 0 Å².